The Morgan fingerprint density at radius 2 is 2.24 bits per heavy atom. The van der Waals surface area contributed by atoms with Gasteiger partial charge in [0, 0.05) is 11.1 Å². The van der Waals surface area contributed by atoms with Gasteiger partial charge in [0.05, 0.1) is 5.56 Å². The van der Waals surface area contributed by atoms with Crippen molar-refractivity contribution in [1.82, 2.24) is 4.98 Å². The van der Waals surface area contributed by atoms with Gasteiger partial charge < -0.3 is 0 Å². The summed E-state index contributed by atoms with van der Waals surface area (Å²) < 4.78 is 40.3. The van der Waals surface area contributed by atoms with Gasteiger partial charge in [-0.2, -0.15) is 13.7 Å². The predicted molar refractivity (Wildman–Crippen MR) is 76.1 cm³/mol. The molecule has 2 aromatic heterocycles. The Bertz CT molecular complexity index is 853. The van der Waals surface area contributed by atoms with E-state index in [4.69, 9.17) is 0 Å². The average molecular weight is 323 g/mol. The SMILES string of the molecule is N#Cc1c(NS(=O)(=O)c2ncccc2F)sc2c1CCC2. The minimum absolute atomic E-state index is 0.243. The number of thiophene rings is 1. The number of hydrogen-bond acceptors (Lipinski definition) is 5. The molecule has 0 aromatic carbocycles. The first-order valence-electron chi connectivity index (χ1n) is 6.21. The van der Waals surface area contributed by atoms with Crippen molar-refractivity contribution in [1.29, 1.82) is 5.26 Å². The summed E-state index contributed by atoms with van der Waals surface area (Å²) in [7, 11) is -4.14. The van der Waals surface area contributed by atoms with Crippen LogP contribution in [0, 0.1) is 17.1 Å². The zero-order valence-corrected chi connectivity index (χ0v) is 12.4. The second kappa shape index (κ2) is 5.09. The summed E-state index contributed by atoms with van der Waals surface area (Å²) in [5.41, 5.74) is 1.24. The molecule has 2 heterocycles. The van der Waals surface area contributed by atoms with Gasteiger partial charge in [-0.1, -0.05) is 0 Å². The fourth-order valence-electron chi connectivity index (χ4n) is 2.33. The summed E-state index contributed by atoms with van der Waals surface area (Å²) in [4.78, 5) is 4.58. The van der Waals surface area contributed by atoms with Crippen molar-refractivity contribution < 1.29 is 12.8 Å². The molecule has 0 spiro atoms. The van der Waals surface area contributed by atoms with Crippen molar-refractivity contribution in [2.75, 3.05) is 4.72 Å². The third kappa shape index (κ3) is 2.39. The highest BCUT2D eigenvalue weighted by atomic mass is 32.2. The molecule has 0 atom stereocenters. The third-order valence-corrected chi connectivity index (χ3v) is 5.86. The smallest absolute Gasteiger partial charge is 0.268 e. The molecule has 2 aromatic rings. The molecular weight excluding hydrogens is 313 g/mol. The molecule has 5 nitrogen and oxygen atoms in total. The van der Waals surface area contributed by atoms with Crippen LogP contribution in [-0.4, -0.2) is 13.4 Å². The quantitative estimate of drug-likeness (QED) is 0.940. The Labute approximate surface area is 125 Å². The van der Waals surface area contributed by atoms with E-state index >= 15 is 0 Å². The number of halogens is 1. The number of aromatic nitrogens is 1. The van der Waals surface area contributed by atoms with Crippen LogP contribution in [0.25, 0.3) is 0 Å². The monoisotopic (exact) mass is 323 g/mol. The first-order valence-corrected chi connectivity index (χ1v) is 8.51. The van der Waals surface area contributed by atoms with Gasteiger partial charge in [-0.25, -0.2) is 9.37 Å². The fourth-order valence-corrected chi connectivity index (χ4v) is 4.89. The highest BCUT2D eigenvalue weighted by molar-refractivity contribution is 7.92. The summed E-state index contributed by atoms with van der Waals surface area (Å²) in [5.74, 6) is -0.924. The Kier molecular flexibility index (Phi) is 3.39. The maximum Gasteiger partial charge on any atom is 0.283 e. The van der Waals surface area contributed by atoms with Gasteiger partial charge >= 0.3 is 0 Å². The molecule has 8 heteroatoms. The van der Waals surface area contributed by atoms with E-state index in [9.17, 15) is 18.1 Å². The van der Waals surface area contributed by atoms with Crippen LogP contribution in [0.15, 0.2) is 23.4 Å². The van der Waals surface area contributed by atoms with Crippen molar-refractivity contribution in [2.24, 2.45) is 0 Å². The maximum absolute atomic E-state index is 13.6. The van der Waals surface area contributed by atoms with Crippen molar-refractivity contribution >= 4 is 26.4 Å². The number of sulfonamides is 1. The van der Waals surface area contributed by atoms with E-state index in [0.29, 0.717) is 5.56 Å². The van der Waals surface area contributed by atoms with Gasteiger partial charge in [-0.05, 0) is 37.0 Å². The number of aryl methyl sites for hydroxylation is 1. The van der Waals surface area contributed by atoms with Crippen LogP contribution in [0.1, 0.15) is 22.4 Å². The van der Waals surface area contributed by atoms with E-state index in [1.165, 1.54) is 23.6 Å². The zero-order chi connectivity index (χ0) is 15.0. The second-order valence-corrected chi connectivity index (χ2v) is 7.27. The Morgan fingerprint density at radius 1 is 1.43 bits per heavy atom. The lowest BCUT2D eigenvalue weighted by Crippen LogP contribution is -2.16. The van der Waals surface area contributed by atoms with Crippen LogP contribution in [0.4, 0.5) is 9.39 Å². The van der Waals surface area contributed by atoms with E-state index in [0.717, 1.165) is 35.8 Å². The minimum atomic E-state index is -4.14. The van der Waals surface area contributed by atoms with Crippen LogP contribution < -0.4 is 4.72 Å². The molecule has 0 bridgehead atoms. The molecule has 108 valence electrons. The van der Waals surface area contributed by atoms with Crippen LogP contribution in [0.2, 0.25) is 0 Å². The number of rotatable bonds is 3. The van der Waals surface area contributed by atoms with Gasteiger partial charge in [0.2, 0.25) is 5.03 Å². The highest BCUT2D eigenvalue weighted by Crippen LogP contribution is 2.39. The first kappa shape index (κ1) is 14.0. The number of nitrogens with zero attached hydrogens (tertiary/aromatic N) is 2. The van der Waals surface area contributed by atoms with Crippen molar-refractivity contribution in [3.8, 4) is 6.07 Å². The van der Waals surface area contributed by atoms with Crippen molar-refractivity contribution in [2.45, 2.75) is 24.3 Å². The predicted octanol–water partition coefficient (Wildman–Crippen LogP) is 2.44. The van der Waals surface area contributed by atoms with E-state index in [2.05, 4.69) is 9.71 Å². The minimum Gasteiger partial charge on any atom is -0.268 e. The highest BCUT2D eigenvalue weighted by Gasteiger charge is 2.27. The summed E-state index contributed by atoms with van der Waals surface area (Å²) in [5, 5.41) is 8.80. The molecule has 0 amide bonds. The number of nitriles is 1. The molecule has 1 aliphatic carbocycles. The standard InChI is InChI=1S/C13H10FN3O2S2/c14-10-4-2-6-16-13(10)21(18,19)17-12-9(7-15)8-3-1-5-11(8)20-12/h2,4,6,17H,1,3,5H2. The number of nitrogens with one attached hydrogen (secondary N) is 1. The number of anilines is 1. The van der Waals surface area contributed by atoms with Crippen LogP contribution in [0.5, 0.6) is 0 Å². The van der Waals surface area contributed by atoms with Gasteiger partial charge in [0.25, 0.3) is 10.0 Å². The molecule has 0 aliphatic heterocycles. The lowest BCUT2D eigenvalue weighted by Gasteiger charge is -2.06. The van der Waals surface area contributed by atoms with Gasteiger partial charge in [-0.3, -0.25) is 4.72 Å². The number of hydrogen-bond donors (Lipinski definition) is 1. The molecule has 1 N–H and O–H groups in total. The van der Waals surface area contributed by atoms with Crippen LogP contribution in [0.3, 0.4) is 0 Å². The molecule has 0 saturated heterocycles. The van der Waals surface area contributed by atoms with Gasteiger partial charge in [-0.15, -0.1) is 11.3 Å². The number of pyridine rings is 1. The summed E-state index contributed by atoms with van der Waals surface area (Å²) in [6.45, 7) is 0. The normalized spacial score (nSPS) is 13.7. The molecule has 1 aliphatic rings. The average Bonchev–Trinajstić information content (AvgIpc) is 2.98. The molecule has 21 heavy (non-hydrogen) atoms. The fraction of sp³-hybridized carbons (Fsp3) is 0.231. The molecule has 0 unspecified atom stereocenters. The largest absolute Gasteiger partial charge is 0.283 e. The second-order valence-electron chi connectivity index (χ2n) is 4.57. The van der Waals surface area contributed by atoms with Crippen molar-refractivity contribution in [3.63, 3.8) is 0 Å². The van der Waals surface area contributed by atoms with Gasteiger partial charge in [0.1, 0.15) is 11.1 Å². The maximum atomic E-state index is 13.6. The van der Waals surface area contributed by atoms with Gasteiger partial charge in [0.15, 0.2) is 5.82 Å². The van der Waals surface area contributed by atoms with E-state index in [-0.39, 0.29) is 5.00 Å². The topological polar surface area (TPSA) is 82.9 Å². The first-order chi connectivity index (χ1) is 10.0. The van der Waals surface area contributed by atoms with Crippen molar-refractivity contribution in [3.05, 3.63) is 40.2 Å². The lowest BCUT2D eigenvalue weighted by atomic mass is 10.1. The van der Waals surface area contributed by atoms with E-state index in [1.807, 2.05) is 6.07 Å². The third-order valence-electron chi connectivity index (χ3n) is 3.24. The molecular formula is C13H10FN3O2S2. The summed E-state index contributed by atoms with van der Waals surface area (Å²) >= 11 is 1.24. The van der Waals surface area contributed by atoms with E-state index < -0.39 is 20.9 Å². The summed E-state index contributed by atoms with van der Waals surface area (Å²) in [6, 6.07) is 4.38. The Hall–Kier alpha value is -1.98. The summed E-state index contributed by atoms with van der Waals surface area (Å²) in [6.07, 6.45) is 3.79. The molecule has 0 radical (unpaired) electrons. The van der Waals surface area contributed by atoms with Crippen LogP contribution in [-0.2, 0) is 22.9 Å². The molecule has 3 rings (SSSR count). The zero-order valence-electron chi connectivity index (χ0n) is 10.8. The molecule has 0 fully saturated rings. The Morgan fingerprint density at radius 3 is 2.95 bits per heavy atom. The molecule has 0 saturated carbocycles. The van der Waals surface area contributed by atoms with E-state index in [1.54, 1.807) is 0 Å². The van der Waals surface area contributed by atoms with Crippen LogP contribution >= 0.6 is 11.3 Å². The number of fused-ring (bicyclic) bond motifs is 1. The Balaban J connectivity index is 2.02. The lowest BCUT2D eigenvalue weighted by molar-refractivity contribution is 0.557.